The van der Waals surface area contributed by atoms with Gasteiger partial charge in [0, 0.05) is 18.9 Å². The number of anilines is 1. The summed E-state index contributed by atoms with van der Waals surface area (Å²) < 4.78 is 24.7. The largest absolute Gasteiger partial charge is 0.342 e. The minimum atomic E-state index is -3.60. The van der Waals surface area contributed by atoms with Crippen molar-refractivity contribution in [1.29, 1.82) is 5.26 Å². The average Bonchev–Trinajstić information content (AvgIpc) is 3.57. The summed E-state index contributed by atoms with van der Waals surface area (Å²) in [5.41, 5.74) is 4.09. The zero-order valence-corrected chi connectivity index (χ0v) is 20.9. The second kappa shape index (κ2) is 8.24. The third kappa shape index (κ3) is 4.17. The van der Waals surface area contributed by atoms with E-state index in [4.69, 9.17) is 5.26 Å². The minimum Gasteiger partial charge on any atom is -0.342 e. The summed E-state index contributed by atoms with van der Waals surface area (Å²) in [6.45, 7) is 0. The molecule has 3 aromatic rings. The summed E-state index contributed by atoms with van der Waals surface area (Å²) in [6.07, 6.45) is 6.77. The molecular weight excluding hydrogens is 492 g/mol. The van der Waals surface area contributed by atoms with E-state index in [0.29, 0.717) is 23.6 Å². The van der Waals surface area contributed by atoms with Crippen molar-refractivity contribution in [2.45, 2.75) is 43.6 Å². The fourth-order valence-corrected chi connectivity index (χ4v) is 6.00. The number of hydrogen-bond acceptors (Lipinski definition) is 7. The van der Waals surface area contributed by atoms with Crippen LogP contribution in [-0.2, 0) is 33.0 Å². The van der Waals surface area contributed by atoms with Gasteiger partial charge in [-0.25, -0.2) is 13.4 Å². The second-order valence-corrected chi connectivity index (χ2v) is 12.3. The lowest BCUT2D eigenvalue weighted by molar-refractivity contribution is -0.113. The van der Waals surface area contributed by atoms with Gasteiger partial charge < -0.3 is 10.6 Å². The molecule has 1 aromatic carbocycles. The number of nitriles is 1. The Bertz CT molecular complexity index is 1620. The lowest BCUT2D eigenvalue weighted by atomic mass is 9.82. The molecule has 3 aliphatic rings. The van der Waals surface area contributed by atoms with Gasteiger partial charge in [0.2, 0.25) is 5.91 Å². The predicted molar refractivity (Wildman–Crippen MR) is 134 cm³/mol. The molecule has 6 rings (SSSR count). The van der Waals surface area contributed by atoms with Gasteiger partial charge in [0.1, 0.15) is 17.4 Å². The van der Waals surface area contributed by atoms with Crippen molar-refractivity contribution in [3.8, 4) is 11.9 Å². The Balaban J connectivity index is 1.42. The molecule has 0 bridgehead atoms. The van der Waals surface area contributed by atoms with Gasteiger partial charge in [0.05, 0.1) is 16.8 Å². The van der Waals surface area contributed by atoms with Gasteiger partial charge in [-0.05, 0) is 60.4 Å². The molecule has 188 valence electrons. The van der Waals surface area contributed by atoms with Crippen molar-refractivity contribution in [3.63, 3.8) is 0 Å². The molecule has 3 heterocycles. The number of carbonyl (C=O) groups excluding carboxylic acids is 2. The predicted octanol–water partition coefficient (Wildman–Crippen LogP) is 2.13. The van der Waals surface area contributed by atoms with Gasteiger partial charge in [-0.3, -0.25) is 9.59 Å². The van der Waals surface area contributed by atoms with Crippen molar-refractivity contribution in [2.75, 3.05) is 17.3 Å². The Labute approximate surface area is 213 Å². The Kier molecular flexibility index (Phi) is 5.21. The Morgan fingerprint density at radius 3 is 2.78 bits per heavy atom. The number of pyridine rings is 1. The van der Waals surface area contributed by atoms with E-state index in [2.05, 4.69) is 38.9 Å². The van der Waals surface area contributed by atoms with Crippen molar-refractivity contribution in [3.05, 3.63) is 70.0 Å². The molecule has 10 nitrogen and oxygen atoms in total. The van der Waals surface area contributed by atoms with E-state index < -0.39 is 32.9 Å². The van der Waals surface area contributed by atoms with Crippen LogP contribution in [0.15, 0.2) is 36.5 Å². The second-order valence-electron chi connectivity index (χ2n) is 10.1. The summed E-state index contributed by atoms with van der Waals surface area (Å²) in [7, 11) is -3.60. The lowest BCUT2D eigenvalue weighted by Crippen LogP contribution is -2.50. The average molecular weight is 517 g/mol. The maximum absolute atomic E-state index is 13.6. The number of nitrogens with zero attached hydrogens (tertiary/aromatic N) is 4. The summed E-state index contributed by atoms with van der Waals surface area (Å²) >= 11 is 0. The summed E-state index contributed by atoms with van der Waals surface area (Å²) in [5, 5.41) is 19.6. The van der Waals surface area contributed by atoms with E-state index in [-0.39, 0.29) is 17.2 Å². The maximum atomic E-state index is 13.6. The van der Waals surface area contributed by atoms with Crippen LogP contribution in [0.25, 0.3) is 5.82 Å². The van der Waals surface area contributed by atoms with Crippen LogP contribution < -0.4 is 10.6 Å². The Morgan fingerprint density at radius 2 is 2.11 bits per heavy atom. The number of rotatable bonds is 5. The van der Waals surface area contributed by atoms with Crippen LogP contribution in [0.3, 0.4) is 0 Å². The third-order valence-corrected chi connectivity index (χ3v) is 8.05. The first-order valence-electron chi connectivity index (χ1n) is 12.1. The molecule has 1 saturated carbocycles. The zero-order chi connectivity index (χ0) is 25.9. The van der Waals surface area contributed by atoms with Crippen molar-refractivity contribution in [2.24, 2.45) is 0 Å². The van der Waals surface area contributed by atoms with Crippen molar-refractivity contribution >= 4 is 27.5 Å². The first kappa shape index (κ1) is 23.4. The SMILES string of the molecule is CS(=O)(=O)CC(=O)Nc1c2c(nn1-c1ccc(C#N)cn1)C[C@]1(CCc3cc(C4CC4)ccc31)NC2=O. The number of sulfone groups is 1. The molecule has 0 unspecified atom stereocenters. The van der Waals surface area contributed by atoms with E-state index in [1.807, 2.05) is 6.07 Å². The van der Waals surface area contributed by atoms with Gasteiger partial charge in [-0.2, -0.15) is 15.0 Å². The van der Waals surface area contributed by atoms with Gasteiger partial charge in [0.25, 0.3) is 5.91 Å². The van der Waals surface area contributed by atoms with Crippen LogP contribution in [0, 0.1) is 11.3 Å². The monoisotopic (exact) mass is 516 g/mol. The lowest BCUT2D eigenvalue weighted by Gasteiger charge is -2.35. The number of aryl methyl sites for hydroxylation is 1. The molecule has 0 saturated heterocycles. The van der Waals surface area contributed by atoms with Crippen LogP contribution in [0.2, 0.25) is 0 Å². The standard InChI is InChI=1S/C26H24N6O4S/c1-37(35,36)14-22(33)29-24-23-20(31-32(24)21-7-2-15(12-27)13-28-21)11-26(30-25(23)34)9-8-18-10-17(16-3-4-16)5-6-19(18)26/h2,5-7,10,13,16H,3-4,8-9,11,14H2,1H3,(H,29,33)(H,30,34)/t26-/m0/s1. The Hall–Kier alpha value is -4.04. The number of amides is 2. The first-order chi connectivity index (χ1) is 17.7. The first-order valence-corrected chi connectivity index (χ1v) is 14.1. The topological polar surface area (TPSA) is 147 Å². The van der Waals surface area contributed by atoms with Crippen LogP contribution in [0.5, 0.6) is 0 Å². The van der Waals surface area contributed by atoms with Crippen molar-refractivity contribution in [1.82, 2.24) is 20.1 Å². The molecule has 1 spiro atoms. The highest BCUT2D eigenvalue weighted by Crippen LogP contribution is 2.46. The fraction of sp³-hybridized carbons (Fsp3) is 0.346. The third-order valence-electron chi connectivity index (χ3n) is 7.27. The van der Waals surface area contributed by atoms with Gasteiger partial charge in [-0.1, -0.05) is 18.2 Å². The van der Waals surface area contributed by atoms with Crippen LogP contribution in [0.4, 0.5) is 5.82 Å². The van der Waals surface area contributed by atoms with E-state index in [1.54, 1.807) is 12.1 Å². The summed E-state index contributed by atoms with van der Waals surface area (Å²) in [5.74, 6) is -0.943. The summed E-state index contributed by atoms with van der Waals surface area (Å²) in [6, 6.07) is 11.6. The highest BCUT2D eigenvalue weighted by Gasteiger charge is 2.47. The van der Waals surface area contributed by atoms with Gasteiger partial charge in [0.15, 0.2) is 21.5 Å². The van der Waals surface area contributed by atoms with E-state index in [9.17, 15) is 18.0 Å². The molecule has 2 aliphatic carbocycles. The number of nitrogens with one attached hydrogen (secondary N) is 2. The quantitative estimate of drug-likeness (QED) is 0.528. The molecule has 1 fully saturated rings. The number of aromatic nitrogens is 3. The molecule has 37 heavy (non-hydrogen) atoms. The molecule has 11 heteroatoms. The number of hydrogen-bond donors (Lipinski definition) is 2. The summed E-state index contributed by atoms with van der Waals surface area (Å²) in [4.78, 5) is 30.4. The number of carbonyl (C=O) groups is 2. The maximum Gasteiger partial charge on any atom is 0.257 e. The molecule has 2 N–H and O–H groups in total. The normalized spacial score (nSPS) is 20.2. The molecule has 2 amide bonds. The Morgan fingerprint density at radius 1 is 1.30 bits per heavy atom. The van der Waals surface area contributed by atoms with Crippen LogP contribution >= 0.6 is 0 Å². The molecule has 1 aliphatic heterocycles. The van der Waals surface area contributed by atoms with Gasteiger partial charge >= 0.3 is 0 Å². The van der Waals surface area contributed by atoms with Crippen LogP contribution in [0.1, 0.15) is 63.5 Å². The highest BCUT2D eigenvalue weighted by atomic mass is 32.2. The van der Waals surface area contributed by atoms with E-state index >= 15 is 0 Å². The van der Waals surface area contributed by atoms with Crippen LogP contribution in [-0.4, -0.2) is 47.0 Å². The smallest absolute Gasteiger partial charge is 0.257 e. The molecule has 1 atom stereocenters. The highest BCUT2D eigenvalue weighted by molar-refractivity contribution is 7.91. The number of benzene rings is 1. The van der Waals surface area contributed by atoms with E-state index in [0.717, 1.165) is 24.7 Å². The number of fused-ring (bicyclic) bond motifs is 3. The minimum absolute atomic E-state index is 0.0514. The molecule has 0 radical (unpaired) electrons. The zero-order valence-electron chi connectivity index (χ0n) is 20.1. The molecule has 2 aromatic heterocycles. The fourth-order valence-electron chi connectivity index (χ4n) is 5.45. The molecular formula is C26H24N6O4S. The van der Waals surface area contributed by atoms with Crippen molar-refractivity contribution < 1.29 is 18.0 Å². The van der Waals surface area contributed by atoms with Gasteiger partial charge in [-0.15, -0.1) is 0 Å². The van der Waals surface area contributed by atoms with E-state index in [1.165, 1.54) is 34.8 Å².